The van der Waals surface area contributed by atoms with Crippen LogP contribution in [0.15, 0.2) is 54.9 Å². The molecule has 0 radical (unpaired) electrons. The van der Waals surface area contributed by atoms with Crippen LogP contribution in [0.1, 0.15) is 24.8 Å². The Bertz CT molecular complexity index is 1010. The molecular weight excluding hydrogens is 391 g/mol. The SMILES string of the molecule is CN(CC1CCN(CCc2cccc(F)c2)CC1)C(=O)CCn1cnc2ccccc21. The van der Waals surface area contributed by atoms with Crippen molar-refractivity contribution in [2.75, 3.05) is 33.2 Å². The Hall–Kier alpha value is -2.73. The number of piperidine rings is 1. The van der Waals surface area contributed by atoms with E-state index >= 15 is 0 Å². The van der Waals surface area contributed by atoms with E-state index in [0.29, 0.717) is 18.9 Å². The summed E-state index contributed by atoms with van der Waals surface area (Å²) in [5, 5.41) is 0. The summed E-state index contributed by atoms with van der Waals surface area (Å²) in [7, 11) is 1.92. The number of halogens is 1. The number of rotatable bonds is 8. The maximum absolute atomic E-state index is 13.3. The van der Waals surface area contributed by atoms with Crippen LogP contribution in [0.3, 0.4) is 0 Å². The van der Waals surface area contributed by atoms with Gasteiger partial charge in [0.2, 0.25) is 5.91 Å². The molecule has 1 aromatic heterocycles. The summed E-state index contributed by atoms with van der Waals surface area (Å²) in [6.07, 6.45) is 5.39. The second-order valence-corrected chi connectivity index (χ2v) is 8.62. The van der Waals surface area contributed by atoms with Gasteiger partial charge in [0.05, 0.1) is 17.4 Å². The second kappa shape index (κ2) is 10.1. The molecule has 0 atom stereocenters. The third-order valence-electron chi connectivity index (χ3n) is 6.36. The first-order chi connectivity index (χ1) is 15.1. The third-order valence-corrected chi connectivity index (χ3v) is 6.36. The Morgan fingerprint density at radius 1 is 1.13 bits per heavy atom. The number of para-hydroxylation sites is 2. The highest BCUT2D eigenvalue weighted by Crippen LogP contribution is 2.19. The van der Waals surface area contributed by atoms with Gasteiger partial charge in [-0.25, -0.2) is 9.37 Å². The predicted octanol–water partition coefficient (Wildman–Crippen LogP) is 3.98. The number of aromatic nitrogens is 2. The van der Waals surface area contributed by atoms with Gasteiger partial charge in [-0.1, -0.05) is 24.3 Å². The molecule has 1 fully saturated rings. The molecule has 4 rings (SSSR count). The van der Waals surface area contributed by atoms with E-state index in [-0.39, 0.29) is 11.7 Å². The summed E-state index contributed by atoms with van der Waals surface area (Å²) in [5.74, 6) is 0.574. The molecule has 0 bridgehead atoms. The summed E-state index contributed by atoms with van der Waals surface area (Å²) in [6.45, 7) is 4.53. The van der Waals surface area contributed by atoms with Crippen molar-refractivity contribution in [2.45, 2.75) is 32.2 Å². The van der Waals surface area contributed by atoms with Gasteiger partial charge in [0.15, 0.2) is 0 Å². The normalized spacial score (nSPS) is 15.4. The zero-order chi connectivity index (χ0) is 21.6. The summed E-state index contributed by atoms with van der Waals surface area (Å²) in [4.78, 5) is 21.4. The van der Waals surface area contributed by atoms with Crippen LogP contribution >= 0.6 is 0 Å². The van der Waals surface area contributed by atoms with Crippen LogP contribution in [0.5, 0.6) is 0 Å². The zero-order valence-electron chi connectivity index (χ0n) is 18.2. The highest BCUT2D eigenvalue weighted by molar-refractivity contribution is 5.77. The van der Waals surface area contributed by atoms with E-state index in [1.807, 2.05) is 48.6 Å². The fourth-order valence-electron chi connectivity index (χ4n) is 4.46. The van der Waals surface area contributed by atoms with Gasteiger partial charge in [0, 0.05) is 33.1 Å². The summed E-state index contributed by atoms with van der Waals surface area (Å²) in [6, 6.07) is 14.9. The Kier molecular flexibility index (Phi) is 6.97. The van der Waals surface area contributed by atoms with E-state index in [2.05, 4.69) is 14.5 Å². The fraction of sp³-hybridized carbons (Fsp3) is 0.440. The number of hydrogen-bond donors (Lipinski definition) is 0. The first-order valence-electron chi connectivity index (χ1n) is 11.2. The minimum absolute atomic E-state index is 0.162. The van der Waals surface area contributed by atoms with E-state index in [1.165, 1.54) is 6.07 Å². The molecule has 0 aliphatic carbocycles. The Balaban J connectivity index is 1.18. The molecule has 1 aliphatic rings. The standard InChI is InChI=1S/C25H31FN4O/c1-28(25(31)12-16-30-19-27-23-7-2-3-8-24(23)30)18-21-10-14-29(15-11-21)13-9-20-5-4-6-22(26)17-20/h2-8,17,19,21H,9-16,18H2,1H3. The first-order valence-corrected chi connectivity index (χ1v) is 11.2. The average molecular weight is 423 g/mol. The lowest BCUT2D eigenvalue weighted by Crippen LogP contribution is -2.40. The molecule has 1 saturated heterocycles. The lowest BCUT2D eigenvalue weighted by atomic mass is 9.96. The number of fused-ring (bicyclic) bond motifs is 1. The Morgan fingerprint density at radius 2 is 1.94 bits per heavy atom. The van der Waals surface area contributed by atoms with Crippen molar-refractivity contribution >= 4 is 16.9 Å². The van der Waals surface area contributed by atoms with Crippen LogP contribution in [0.2, 0.25) is 0 Å². The van der Waals surface area contributed by atoms with Gasteiger partial charge in [-0.2, -0.15) is 0 Å². The molecular formula is C25H31FN4O. The monoisotopic (exact) mass is 422 g/mol. The number of benzene rings is 2. The highest BCUT2D eigenvalue weighted by atomic mass is 19.1. The van der Waals surface area contributed by atoms with Crippen LogP contribution in [0.4, 0.5) is 4.39 Å². The Morgan fingerprint density at radius 3 is 2.74 bits per heavy atom. The van der Waals surface area contributed by atoms with Crippen molar-refractivity contribution in [1.29, 1.82) is 0 Å². The van der Waals surface area contributed by atoms with Crippen molar-refractivity contribution in [3.05, 3.63) is 66.2 Å². The second-order valence-electron chi connectivity index (χ2n) is 8.62. The van der Waals surface area contributed by atoms with E-state index in [0.717, 1.165) is 62.0 Å². The molecule has 5 nitrogen and oxygen atoms in total. The van der Waals surface area contributed by atoms with Crippen LogP contribution in [-0.4, -0.2) is 58.5 Å². The van der Waals surface area contributed by atoms with Gasteiger partial charge in [0.25, 0.3) is 0 Å². The number of imidazole rings is 1. The lowest BCUT2D eigenvalue weighted by molar-refractivity contribution is -0.130. The van der Waals surface area contributed by atoms with Crippen molar-refractivity contribution in [1.82, 2.24) is 19.4 Å². The quantitative estimate of drug-likeness (QED) is 0.551. The first kappa shape index (κ1) is 21.5. The molecule has 0 unspecified atom stereocenters. The molecule has 0 saturated carbocycles. The molecule has 2 heterocycles. The van der Waals surface area contributed by atoms with Gasteiger partial charge in [0.1, 0.15) is 5.82 Å². The van der Waals surface area contributed by atoms with Crippen molar-refractivity contribution in [2.24, 2.45) is 5.92 Å². The molecule has 1 aliphatic heterocycles. The third kappa shape index (κ3) is 5.70. The summed E-state index contributed by atoms with van der Waals surface area (Å²) < 4.78 is 15.4. The van der Waals surface area contributed by atoms with Crippen molar-refractivity contribution in [3.63, 3.8) is 0 Å². The largest absolute Gasteiger partial charge is 0.345 e. The van der Waals surface area contributed by atoms with Crippen molar-refractivity contribution in [3.8, 4) is 0 Å². The van der Waals surface area contributed by atoms with Gasteiger partial charge < -0.3 is 14.4 Å². The maximum Gasteiger partial charge on any atom is 0.224 e. The smallest absolute Gasteiger partial charge is 0.224 e. The van der Waals surface area contributed by atoms with E-state index in [9.17, 15) is 9.18 Å². The molecule has 6 heteroatoms. The number of amides is 1. The number of carbonyl (C=O) groups excluding carboxylic acids is 1. The lowest BCUT2D eigenvalue weighted by Gasteiger charge is -2.34. The molecule has 164 valence electrons. The molecule has 3 aromatic rings. The van der Waals surface area contributed by atoms with Gasteiger partial charge in [-0.3, -0.25) is 4.79 Å². The van der Waals surface area contributed by atoms with Gasteiger partial charge >= 0.3 is 0 Å². The molecule has 31 heavy (non-hydrogen) atoms. The van der Waals surface area contributed by atoms with E-state index in [4.69, 9.17) is 0 Å². The van der Waals surface area contributed by atoms with Gasteiger partial charge in [-0.15, -0.1) is 0 Å². The zero-order valence-corrected chi connectivity index (χ0v) is 18.2. The predicted molar refractivity (Wildman–Crippen MR) is 121 cm³/mol. The van der Waals surface area contributed by atoms with Gasteiger partial charge in [-0.05, 0) is 68.1 Å². The average Bonchev–Trinajstić information content (AvgIpc) is 3.20. The minimum atomic E-state index is -0.162. The number of carbonyl (C=O) groups is 1. The van der Waals surface area contributed by atoms with Crippen LogP contribution in [0, 0.1) is 11.7 Å². The number of hydrogen-bond acceptors (Lipinski definition) is 3. The maximum atomic E-state index is 13.3. The topological polar surface area (TPSA) is 41.4 Å². The Labute approximate surface area is 183 Å². The highest BCUT2D eigenvalue weighted by Gasteiger charge is 2.22. The van der Waals surface area contributed by atoms with E-state index < -0.39 is 0 Å². The van der Waals surface area contributed by atoms with Crippen LogP contribution < -0.4 is 0 Å². The number of nitrogens with zero attached hydrogens (tertiary/aromatic N) is 4. The molecule has 1 amide bonds. The summed E-state index contributed by atoms with van der Waals surface area (Å²) >= 11 is 0. The summed E-state index contributed by atoms with van der Waals surface area (Å²) in [5.41, 5.74) is 3.09. The molecule has 0 N–H and O–H groups in total. The van der Waals surface area contributed by atoms with Crippen LogP contribution in [-0.2, 0) is 17.8 Å². The van der Waals surface area contributed by atoms with Crippen LogP contribution in [0.25, 0.3) is 11.0 Å². The number of aryl methyl sites for hydroxylation is 1. The fourth-order valence-corrected chi connectivity index (χ4v) is 4.46. The minimum Gasteiger partial charge on any atom is -0.345 e. The molecule has 2 aromatic carbocycles. The van der Waals surface area contributed by atoms with Crippen molar-refractivity contribution < 1.29 is 9.18 Å². The number of likely N-dealkylation sites (tertiary alicyclic amines) is 1. The molecule has 0 spiro atoms. The van der Waals surface area contributed by atoms with E-state index in [1.54, 1.807) is 12.1 Å².